The molecule has 2 aromatic carbocycles. The van der Waals surface area contributed by atoms with E-state index in [-0.39, 0.29) is 0 Å². The van der Waals surface area contributed by atoms with Gasteiger partial charge in [0.2, 0.25) is 0 Å². The highest BCUT2D eigenvalue weighted by atomic mass is 16.1. The van der Waals surface area contributed by atoms with Crippen molar-refractivity contribution in [2.45, 2.75) is 0 Å². The van der Waals surface area contributed by atoms with E-state index in [1.165, 1.54) is 0 Å². The maximum Gasteiger partial charge on any atom is 0.250 e. The Morgan fingerprint density at radius 2 is 1.65 bits per heavy atom. The van der Waals surface area contributed by atoms with Crippen molar-refractivity contribution in [1.82, 2.24) is 4.98 Å². The first kappa shape index (κ1) is 14.7. The Bertz CT molecular complexity index is 867. The van der Waals surface area contributed by atoms with Crippen molar-refractivity contribution in [2.75, 3.05) is 0 Å². The van der Waals surface area contributed by atoms with Gasteiger partial charge in [-0.2, -0.15) is 0 Å². The molecular formula is C20H16N2O. The summed E-state index contributed by atoms with van der Waals surface area (Å²) in [7, 11) is 0. The molecule has 0 saturated carbocycles. The summed E-state index contributed by atoms with van der Waals surface area (Å²) < 4.78 is 0. The summed E-state index contributed by atoms with van der Waals surface area (Å²) in [5.74, 6) is -0.482. The quantitative estimate of drug-likeness (QED) is 0.786. The molecule has 3 nitrogen and oxygen atoms in total. The molecule has 3 rings (SSSR count). The van der Waals surface area contributed by atoms with Crippen molar-refractivity contribution >= 4 is 12.0 Å². The predicted molar refractivity (Wildman–Crippen MR) is 93.7 cm³/mol. The number of aromatic nitrogens is 1. The van der Waals surface area contributed by atoms with Gasteiger partial charge in [0.15, 0.2) is 0 Å². The van der Waals surface area contributed by atoms with Gasteiger partial charge in [0.1, 0.15) is 0 Å². The molecule has 0 unspecified atom stereocenters. The zero-order chi connectivity index (χ0) is 16.2. The van der Waals surface area contributed by atoms with Crippen LogP contribution < -0.4 is 5.73 Å². The molecule has 3 aromatic rings. The molecule has 3 heteroatoms. The molecule has 2 N–H and O–H groups in total. The molecule has 0 aliphatic heterocycles. The highest BCUT2D eigenvalue weighted by Crippen LogP contribution is 2.32. The van der Waals surface area contributed by atoms with Crippen LogP contribution in [0.15, 0.2) is 73.4 Å². The maximum atomic E-state index is 11.7. The number of hydrogen-bond donors (Lipinski definition) is 1. The van der Waals surface area contributed by atoms with Crippen LogP contribution in [0.4, 0.5) is 0 Å². The minimum Gasteiger partial charge on any atom is -0.366 e. The standard InChI is InChI=1S/C20H16N2O/c1-2-14-9-11-15(12-10-14)16-6-3-4-7-17(16)19-18(20(21)23)8-5-13-22-19/h2-13H,1H2,(H2,21,23). The molecule has 0 radical (unpaired) electrons. The number of nitrogens with two attached hydrogens (primary N) is 1. The Balaban J connectivity index is 2.19. The molecule has 0 saturated heterocycles. The molecule has 1 aromatic heterocycles. The first-order valence-corrected chi connectivity index (χ1v) is 7.28. The lowest BCUT2D eigenvalue weighted by Gasteiger charge is -2.12. The molecule has 0 bridgehead atoms. The summed E-state index contributed by atoms with van der Waals surface area (Å²) in [6.07, 6.45) is 3.47. The van der Waals surface area contributed by atoms with Crippen molar-refractivity contribution in [2.24, 2.45) is 5.73 Å². The van der Waals surface area contributed by atoms with Crippen molar-refractivity contribution in [1.29, 1.82) is 0 Å². The second-order valence-electron chi connectivity index (χ2n) is 5.14. The maximum absolute atomic E-state index is 11.7. The molecule has 23 heavy (non-hydrogen) atoms. The third-order valence-electron chi connectivity index (χ3n) is 3.71. The minimum atomic E-state index is -0.482. The molecule has 0 atom stereocenters. The fraction of sp³-hybridized carbons (Fsp3) is 0. The fourth-order valence-corrected chi connectivity index (χ4v) is 2.56. The van der Waals surface area contributed by atoms with E-state index in [4.69, 9.17) is 5.73 Å². The van der Waals surface area contributed by atoms with Crippen LogP contribution in [0.3, 0.4) is 0 Å². The third-order valence-corrected chi connectivity index (χ3v) is 3.71. The third kappa shape index (κ3) is 2.90. The van der Waals surface area contributed by atoms with Gasteiger partial charge in [0, 0.05) is 11.8 Å². The fourth-order valence-electron chi connectivity index (χ4n) is 2.56. The molecule has 0 fully saturated rings. The van der Waals surface area contributed by atoms with Gasteiger partial charge in [-0.05, 0) is 28.8 Å². The van der Waals surface area contributed by atoms with E-state index >= 15 is 0 Å². The van der Waals surface area contributed by atoms with E-state index < -0.39 is 5.91 Å². The van der Waals surface area contributed by atoms with E-state index in [1.54, 1.807) is 24.4 Å². The van der Waals surface area contributed by atoms with E-state index in [9.17, 15) is 4.79 Å². The number of rotatable bonds is 4. The SMILES string of the molecule is C=Cc1ccc(-c2ccccc2-c2ncccc2C(N)=O)cc1. The van der Waals surface area contributed by atoms with Crippen molar-refractivity contribution in [3.63, 3.8) is 0 Å². The van der Waals surface area contributed by atoms with Crippen LogP contribution in [-0.4, -0.2) is 10.9 Å². The number of amides is 1. The van der Waals surface area contributed by atoms with Crippen LogP contribution in [0, 0.1) is 0 Å². The first-order chi connectivity index (χ1) is 11.2. The lowest BCUT2D eigenvalue weighted by molar-refractivity contribution is 0.100. The Kier molecular flexibility index (Phi) is 4.02. The number of carbonyl (C=O) groups excluding carboxylic acids is 1. The van der Waals surface area contributed by atoms with Gasteiger partial charge in [-0.15, -0.1) is 0 Å². The van der Waals surface area contributed by atoms with Gasteiger partial charge >= 0.3 is 0 Å². The second kappa shape index (κ2) is 6.28. The van der Waals surface area contributed by atoms with Crippen molar-refractivity contribution in [3.8, 4) is 22.4 Å². The molecule has 0 spiro atoms. The van der Waals surface area contributed by atoms with Crippen LogP contribution in [0.25, 0.3) is 28.5 Å². The Morgan fingerprint density at radius 1 is 0.957 bits per heavy atom. The van der Waals surface area contributed by atoms with E-state index in [2.05, 4.69) is 11.6 Å². The van der Waals surface area contributed by atoms with Crippen LogP contribution >= 0.6 is 0 Å². The number of primary amides is 1. The average Bonchev–Trinajstić information content (AvgIpc) is 2.62. The topological polar surface area (TPSA) is 56.0 Å². The molecule has 0 aliphatic rings. The van der Waals surface area contributed by atoms with Gasteiger partial charge in [-0.1, -0.05) is 61.2 Å². The molecule has 112 valence electrons. The summed E-state index contributed by atoms with van der Waals surface area (Å²) in [6, 6.07) is 19.3. The average molecular weight is 300 g/mol. The van der Waals surface area contributed by atoms with Crippen molar-refractivity contribution in [3.05, 3.63) is 84.6 Å². The highest BCUT2D eigenvalue weighted by Gasteiger charge is 2.14. The van der Waals surface area contributed by atoms with E-state index in [1.807, 2.05) is 48.5 Å². The van der Waals surface area contributed by atoms with Crippen LogP contribution in [0.1, 0.15) is 15.9 Å². The number of hydrogen-bond acceptors (Lipinski definition) is 2. The predicted octanol–water partition coefficient (Wildman–Crippen LogP) is 4.16. The van der Waals surface area contributed by atoms with Gasteiger partial charge in [0.25, 0.3) is 5.91 Å². The molecule has 1 amide bonds. The number of carbonyl (C=O) groups is 1. The smallest absolute Gasteiger partial charge is 0.250 e. The highest BCUT2D eigenvalue weighted by molar-refractivity contribution is 6.00. The van der Waals surface area contributed by atoms with Crippen LogP contribution in [0.2, 0.25) is 0 Å². The van der Waals surface area contributed by atoms with E-state index in [0.29, 0.717) is 11.3 Å². The number of nitrogens with zero attached hydrogens (tertiary/aromatic N) is 1. The first-order valence-electron chi connectivity index (χ1n) is 7.28. The van der Waals surface area contributed by atoms with Crippen LogP contribution in [0.5, 0.6) is 0 Å². The second-order valence-corrected chi connectivity index (χ2v) is 5.14. The Morgan fingerprint density at radius 3 is 2.30 bits per heavy atom. The summed E-state index contributed by atoms with van der Waals surface area (Å²) in [5, 5.41) is 0. The summed E-state index contributed by atoms with van der Waals surface area (Å²) in [4.78, 5) is 16.1. The number of pyridine rings is 1. The van der Waals surface area contributed by atoms with Gasteiger partial charge in [0.05, 0.1) is 11.3 Å². The molecular weight excluding hydrogens is 284 g/mol. The zero-order valence-corrected chi connectivity index (χ0v) is 12.6. The zero-order valence-electron chi connectivity index (χ0n) is 12.6. The van der Waals surface area contributed by atoms with Crippen molar-refractivity contribution < 1.29 is 4.79 Å². The Labute approximate surface area is 135 Å². The molecule has 1 heterocycles. The van der Waals surface area contributed by atoms with Gasteiger partial charge < -0.3 is 5.73 Å². The van der Waals surface area contributed by atoms with Gasteiger partial charge in [-0.3, -0.25) is 9.78 Å². The minimum absolute atomic E-state index is 0.419. The number of benzene rings is 2. The monoisotopic (exact) mass is 300 g/mol. The molecule has 0 aliphatic carbocycles. The normalized spacial score (nSPS) is 10.3. The lowest BCUT2D eigenvalue weighted by atomic mass is 9.94. The summed E-state index contributed by atoms with van der Waals surface area (Å²) in [6.45, 7) is 3.77. The van der Waals surface area contributed by atoms with Crippen LogP contribution in [-0.2, 0) is 0 Å². The Hall–Kier alpha value is -3.20. The van der Waals surface area contributed by atoms with Gasteiger partial charge in [-0.25, -0.2) is 0 Å². The van der Waals surface area contributed by atoms with E-state index in [0.717, 1.165) is 22.3 Å². The lowest BCUT2D eigenvalue weighted by Crippen LogP contribution is -2.13. The largest absolute Gasteiger partial charge is 0.366 e. The summed E-state index contributed by atoms with van der Waals surface area (Å²) in [5.41, 5.74) is 10.5. The summed E-state index contributed by atoms with van der Waals surface area (Å²) >= 11 is 0.